The van der Waals surface area contributed by atoms with Gasteiger partial charge in [-0.2, -0.15) is 0 Å². The zero-order valence-electron chi connectivity index (χ0n) is 12.3. The molecule has 0 aliphatic heterocycles. The molecule has 112 valence electrons. The molecule has 0 saturated carbocycles. The summed E-state index contributed by atoms with van der Waals surface area (Å²) in [5.41, 5.74) is 0.539. The van der Waals surface area contributed by atoms with Gasteiger partial charge < -0.3 is 0 Å². The van der Waals surface area contributed by atoms with Crippen LogP contribution in [-0.2, 0) is 14.1 Å². The average Bonchev–Trinajstić information content (AvgIpc) is 2.53. The first-order valence-electron chi connectivity index (χ1n) is 6.52. The molecule has 0 unspecified atom stereocenters. The zero-order chi connectivity index (χ0) is 15.9. The predicted molar refractivity (Wildman–Crippen MR) is 83.1 cm³/mol. The number of hydrogen-bond donors (Lipinski definition) is 0. The van der Waals surface area contributed by atoms with Crippen LogP contribution < -0.4 is 11.2 Å². The van der Waals surface area contributed by atoms with Gasteiger partial charge in [0.1, 0.15) is 0 Å². The van der Waals surface area contributed by atoms with Crippen molar-refractivity contribution < 1.29 is 0 Å². The molecule has 0 saturated heterocycles. The Kier molecular flexibility index (Phi) is 3.53. The molecule has 2 heterocycles. The highest BCUT2D eigenvalue weighted by Crippen LogP contribution is 2.24. The predicted octanol–water partition coefficient (Wildman–Crippen LogP) is 0.882. The van der Waals surface area contributed by atoms with Gasteiger partial charge >= 0.3 is 5.69 Å². The molecule has 0 spiro atoms. The van der Waals surface area contributed by atoms with Crippen molar-refractivity contribution >= 4 is 22.9 Å². The zero-order valence-corrected chi connectivity index (χ0v) is 13.1. The monoisotopic (exact) mass is 315 g/mol. The van der Waals surface area contributed by atoms with Crippen molar-refractivity contribution in [3.8, 4) is 0 Å². The first kappa shape index (κ1) is 14.5. The van der Waals surface area contributed by atoms with Gasteiger partial charge in [-0.3, -0.25) is 13.9 Å². The largest absolute Gasteiger partial charge is 0.332 e. The van der Waals surface area contributed by atoms with Gasteiger partial charge in [0.25, 0.3) is 5.56 Å². The maximum atomic E-state index is 12.0. The number of aromatic nitrogens is 5. The van der Waals surface area contributed by atoms with Crippen LogP contribution in [0.25, 0.3) is 11.2 Å². The molecule has 0 bridgehead atoms. The summed E-state index contributed by atoms with van der Waals surface area (Å²) < 4.78 is 2.29. The molecule has 0 aliphatic rings. The summed E-state index contributed by atoms with van der Waals surface area (Å²) >= 11 is 1.33. The van der Waals surface area contributed by atoms with E-state index in [-0.39, 0.29) is 11.2 Å². The second-order valence-electron chi connectivity index (χ2n) is 4.89. The van der Waals surface area contributed by atoms with Crippen LogP contribution in [0.5, 0.6) is 0 Å². The molecule has 0 radical (unpaired) electrons. The quantitative estimate of drug-likeness (QED) is 0.698. The summed E-state index contributed by atoms with van der Waals surface area (Å²) in [4.78, 5) is 29.2. The molecule has 3 rings (SSSR count). The molecule has 0 atom stereocenters. The van der Waals surface area contributed by atoms with Gasteiger partial charge in [-0.25, -0.2) is 9.78 Å². The van der Waals surface area contributed by atoms with Gasteiger partial charge in [-0.15, -0.1) is 10.2 Å². The number of fused-ring (bicyclic) bond motifs is 1. The Morgan fingerprint density at radius 3 is 2.36 bits per heavy atom. The van der Waals surface area contributed by atoms with E-state index in [1.54, 1.807) is 7.05 Å². The van der Waals surface area contributed by atoms with Gasteiger partial charge in [0, 0.05) is 19.0 Å². The lowest BCUT2D eigenvalue weighted by atomic mass is 10.2. The van der Waals surface area contributed by atoms with E-state index < -0.39 is 11.2 Å². The van der Waals surface area contributed by atoms with E-state index in [2.05, 4.69) is 15.2 Å². The maximum absolute atomic E-state index is 12.0. The van der Waals surface area contributed by atoms with Crippen molar-refractivity contribution in [1.29, 1.82) is 0 Å². The minimum atomic E-state index is -0.495. The standard InChI is InChI=1S/C14H13N5O2S/c1-8-4-6-9(7-5-8)22-13-15-11-10(16-17-13)12(20)19(3)14(21)18(11)2/h4-7H,1-3H3. The van der Waals surface area contributed by atoms with Crippen LogP contribution in [0.2, 0.25) is 0 Å². The molecule has 0 aliphatic carbocycles. The van der Waals surface area contributed by atoms with Crippen LogP contribution in [0.4, 0.5) is 0 Å². The molecule has 8 heteroatoms. The van der Waals surface area contributed by atoms with Crippen molar-refractivity contribution in [3.63, 3.8) is 0 Å². The second-order valence-corrected chi connectivity index (χ2v) is 5.93. The van der Waals surface area contributed by atoms with Gasteiger partial charge in [-0.1, -0.05) is 17.7 Å². The van der Waals surface area contributed by atoms with Gasteiger partial charge in [0.05, 0.1) is 0 Å². The normalized spacial score (nSPS) is 11.0. The van der Waals surface area contributed by atoms with E-state index in [0.29, 0.717) is 5.16 Å². The topological polar surface area (TPSA) is 82.7 Å². The van der Waals surface area contributed by atoms with Crippen LogP contribution in [0.15, 0.2) is 43.9 Å². The third-order valence-corrected chi connectivity index (χ3v) is 4.14. The van der Waals surface area contributed by atoms with E-state index in [0.717, 1.165) is 15.0 Å². The van der Waals surface area contributed by atoms with Crippen LogP contribution in [0.1, 0.15) is 5.56 Å². The van der Waals surface area contributed by atoms with Gasteiger partial charge in [0.2, 0.25) is 5.16 Å². The lowest BCUT2D eigenvalue weighted by Crippen LogP contribution is -2.38. The summed E-state index contributed by atoms with van der Waals surface area (Å²) in [6.45, 7) is 2.01. The van der Waals surface area contributed by atoms with Crippen molar-refractivity contribution in [1.82, 2.24) is 24.3 Å². The van der Waals surface area contributed by atoms with Gasteiger partial charge in [0.15, 0.2) is 11.2 Å². The Labute approximate surface area is 129 Å². The Morgan fingerprint density at radius 1 is 1.00 bits per heavy atom. The Hall–Kier alpha value is -2.48. The maximum Gasteiger partial charge on any atom is 0.332 e. The van der Waals surface area contributed by atoms with Crippen LogP contribution >= 0.6 is 11.8 Å². The third kappa shape index (κ3) is 2.41. The number of hydrogen-bond acceptors (Lipinski definition) is 6. The summed E-state index contributed by atoms with van der Waals surface area (Å²) in [5, 5.41) is 8.29. The highest BCUT2D eigenvalue weighted by molar-refractivity contribution is 7.99. The molecule has 7 nitrogen and oxygen atoms in total. The highest BCUT2D eigenvalue weighted by atomic mass is 32.2. The van der Waals surface area contributed by atoms with Crippen LogP contribution in [0.3, 0.4) is 0 Å². The molecule has 2 aromatic heterocycles. The summed E-state index contributed by atoms with van der Waals surface area (Å²) in [6.07, 6.45) is 0. The Bertz CT molecular complexity index is 975. The van der Waals surface area contributed by atoms with E-state index in [1.165, 1.54) is 23.4 Å². The number of benzene rings is 1. The molecule has 0 fully saturated rings. The Balaban J connectivity index is 2.12. The molecular weight excluding hydrogens is 302 g/mol. The van der Waals surface area contributed by atoms with Crippen molar-refractivity contribution in [2.45, 2.75) is 17.0 Å². The molecule has 3 aromatic rings. The number of aryl methyl sites for hydroxylation is 2. The second kappa shape index (κ2) is 5.38. The smallest absolute Gasteiger partial charge is 0.279 e. The van der Waals surface area contributed by atoms with E-state index in [1.807, 2.05) is 31.2 Å². The van der Waals surface area contributed by atoms with Crippen molar-refractivity contribution in [3.05, 3.63) is 50.7 Å². The molecule has 0 N–H and O–H groups in total. The Morgan fingerprint density at radius 2 is 1.68 bits per heavy atom. The molecule has 1 aromatic carbocycles. The van der Waals surface area contributed by atoms with Crippen molar-refractivity contribution in [2.24, 2.45) is 14.1 Å². The van der Waals surface area contributed by atoms with E-state index in [9.17, 15) is 9.59 Å². The number of nitrogens with zero attached hydrogens (tertiary/aromatic N) is 5. The van der Waals surface area contributed by atoms with Crippen molar-refractivity contribution in [2.75, 3.05) is 0 Å². The third-order valence-electron chi connectivity index (χ3n) is 3.28. The molecular formula is C14H13N5O2S. The van der Waals surface area contributed by atoms with Crippen LogP contribution in [-0.4, -0.2) is 24.3 Å². The van der Waals surface area contributed by atoms with Crippen LogP contribution in [0, 0.1) is 6.92 Å². The minimum absolute atomic E-state index is 0.0813. The van der Waals surface area contributed by atoms with E-state index in [4.69, 9.17) is 0 Å². The lowest BCUT2D eigenvalue weighted by Gasteiger charge is -2.06. The minimum Gasteiger partial charge on any atom is -0.279 e. The number of rotatable bonds is 2. The van der Waals surface area contributed by atoms with E-state index >= 15 is 0 Å². The summed E-state index contributed by atoms with van der Waals surface area (Å²) in [6, 6.07) is 7.89. The average molecular weight is 315 g/mol. The summed E-state index contributed by atoms with van der Waals surface area (Å²) in [5.74, 6) is 0. The SMILES string of the molecule is Cc1ccc(Sc2nnc3c(=O)n(C)c(=O)n(C)c3n2)cc1. The van der Waals surface area contributed by atoms with Gasteiger partial charge in [-0.05, 0) is 30.8 Å². The highest BCUT2D eigenvalue weighted by Gasteiger charge is 2.13. The fourth-order valence-corrected chi connectivity index (χ4v) is 2.69. The summed E-state index contributed by atoms with van der Waals surface area (Å²) in [7, 11) is 2.96. The fourth-order valence-electron chi connectivity index (χ4n) is 1.99. The molecule has 22 heavy (non-hydrogen) atoms. The first-order valence-corrected chi connectivity index (χ1v) is 7.34. The fraction of sp³-hybridized carbons (Fsp3) is 0.214. The first-order chi connectivity index (χ1) is 10.5. The lowest BCUT2D eigenvalue weighted by molar-refractivity contribution is 0.690. The molecule has 0 amide bonds.